The molecule has 1 saturated heterocycles. The quantitative estimate of drug-likeness (QED) is 0.786. The molecule has 1 aromatic heterocycles. The van der Waals surface area contributed by atoms with Crippen LogP contribution < -0.4 is 10.2 Å². The van der Waals surface area contributed by atoms with Crippen LogP contribution in [0.4, 0.5) is 11.9 Å². The zero-order valence-electron chi connectivity index (χ0n) is 12.0. The highest BCUT2D eigenvalue weighted by Gasteiger charge is 2.15. The summed E-state index contributed by atoms with van der Waals surface area (Å²) in [4.78, 5) is 14.6. The van der Waals surface area contributed by atoms with E-state index in [0.717, 1.165) is 25.9 Å². The van der Waals surface area contributed by atoms with Gasteiger partial charge in [0, 0.05) is 25.9 Å². The van der Waals surface area contributed by atoms with Crippen LogP contribution in [0, 0.1) is 0 Å². The average molecular weight is 334 g/mol. The number of sulfone groups is 1. The van der Waals surface area contributed by atoms with Crippen LogP contribution in [-0.4, -0.2) is 55.0 Å². The summed E-state index contributed by atoms with van der Waals surface area (Å²) < 4.78 is 22.1. The predicted molar refractivity (Wildman–Crippen MR) is 83.7 cm³/mol. The van der Waals surface area contributed by atoms with E-state index in [1.54, 1.807) is 0 Å². The van der Waals surface area contributed by atoms with E-state index in [4.69, 9.17) is 11.6 Å². The number of nitrogens with one attached hydrogen (secondary N) is 1. The first-order valence-corrected chi connectivity index (χ1v) is 9.46. The summed E-state index contributed by atoms with van der Waals surface area (Å²) in [6.07, 6.45) is 5.20. The molecule has 0 aliphatic carbocycles. The number of nitrogens with zero attached hydrogens (tertiary/aromatic N) is 4. The number of hydrogen-bond donors (Lipinski definition) is 1. The van der Waals surface area contributed by atoms with E-state index >= 15 is 0 Å². The van der Waals surface area contributed by atoms with Crippen LogP contribution in [0.3, 0.4) is 0 Å². The van der Waals surface area contributed by atoms with Gasteiger partial charge in [-0.2, -0.15) is 15.0 Å². The van der Waals surface area contributed by atoms with Gasteiger partial charge < -0.3 is 10.2 Å². The molecule has 0 bridgehead atoms. The van der Waals surface area contributed by atoms with Crippen molar-refractivity contribution in [2.75, 3.05) is 41.9 Å². The Morgan fingerprint density at radius 1 is 1.19 bits per heavy atom. The first kappa shape index (κ1) is 16.2. The van der Waals surface area contributed by atoms with E-state index in [1.807, 2.05) is 0 Å². The Morgan fingerprint density at radius 3 is 2.57 bits per heavy atom. The van der Waals surface area contributed by atoms with Gasteiger partial charge >= 0.3 is 0 Å². The highest BCUT2D eigenvalue weighted by atomic mass is 35.5. The Morgan fingerprint density at radius 2 is 1.90 bits per heavy atom. The monoisotopic (exact) mass is 333 g/mol. The van der Waals surface area contributed by atoms with Crippen molar-refractivity contribution in [1.29, 1.82) is 0 Å². The molecule has 2 heterocycles. The minimum Gasteiger partial charge on any atom is -0.354 e. The maximum Gasteiger partial charge on any atom is 0.231 e. The van der Waals surface area contributed by atoms with Crippen molar-refractivity contribution in [1.82, 2.24) is 15.0 Å². The number of aromatic nitrogens is 3. The second-order valence-electron chi connectivity index (χ2n) is 5.19. The second-order valence-corrected chi connectivity index (χ2v) is 7.78. The van der Waals surface area contributed by atoms with E-state index in [-0.39, 0.29) is 11.0 Å². The summed E-state index contributed by atoms with van der Waals surface area (Å²) in [6, 6.07) is 0. The van der Waals surface area contributed by atoms with Gasteiger partial charge in [0.15, 0.2) is 0 Å². The molecule has 1 aliphatic heterocycles. The van der Waals surface area contributed by atoms with E-state index < -0.39 is 9.84 Å². The number of piperidine rings is 1. The molecule has 0 radical (unpaired) electrons. The van der Waals surface area contributed by atoms with Crippen LogP contribution >= 0.6 is 11.6 Å². The minimum absolute atomic E-state index is 0.137. The molecule has 0 aromatic carbocycles. The van der Waals surface area contributed by atoms with Gasteiger partial charge in [0.05, 0.1) is 5.75 Å². The van der Waals surface area contributed by atoms with Gasteiger partial charge in [0.25, 0.3) is 0 Å². The van der Waals surface area contributed by atoms with Crippen LogP contribution in [0.25, 0.3) is 0 Å². The zero-order chi connectivity index (χ0) is 15.3. The molecular formula is C12H20ClN5O2S. The number of rotatable bonds is 6. The van der Waals surface area contributed by atoms with E-state index in [1.165, 1.54) is 12.7 Å². The van der Waals surface area contributed by atoms with Crippen molar-refractivity contribution < 1.29 is 8.42 Å². The molecule has 0 saturated carbocycles. The fourth-order valence-electron chi connectivity index (χ4n) is 2.19. The van der Waals surface area contributed by atoms with Gasteiger partial charge in [-0.3, -0.25) is 0 Å². The molecular weight excluding hydrogens is 314 g/mol. The fraction of sp³-hybridized carbons (Fsp3) is 0.750. The van der Waals surface area contributed by atoms with Crippen molar-refractivity contribution in [3.8, 4) is 0 Å². The Labute approximate surface area is 130 Å². The Hall–Kier alpha value is -1.15. The van der Waals surface area contributed by atoms with Gasteiger partial charge in [0.1, 0.15) is 9.84 Å². The van der Waals surface area contributed by atoms with E-state index in [9.17, 15) is 8.42 Å². The highest BCUT2D eigenvalue weighted by molar-refractivity contribution is 7.90. The number of hydrogen-bond acceptors (Lipinski definition) is 7. The Kier molecular flexibility index (Phi) is 5.58. The van der Waals surface area contributed by atoms with Crippen LogP contribution in [0.2, 0.25) is 5.28 Å². The first-order valence-electron chi connectivity index (χ1n) is 7.02. The summed E-state index contributed by atoms with van der Waals surface area (Å²) in [5.41, 5.74) is 0. The number of anilines is 2. The summed E-state index contributed by atoms with van der Waals surface area (Å²) in [5, 5.41) is 3.15. The lowest BCUT2D eigenvalue weighted by Crippen LogP contribution is -2.31. The smallest absolute Gasteiger partial charge is 0.231 e. The maximum absolute atomic E-state index is 11.1. The van der Waals surface area contributed by atoms with Crippen LogP contribution in [-0.2, 0) is 9.84 Å². The summed E-state index contributed by atoms with van der Waals surface area (Å²) in [7, 11) is -2.94. The van der Waals surface area contributed by atoms with Crippen LogP contribution in [0.1, 0.15) is 25.7 Å². The van der Waals surface area contributed by atoms with Gasteiger partial charge in [-0.15, -0.1) is 0 Å². The van der Waals surface area contributed by atoms with Crippen LogP contribution in [0.15, 0.2) is 0 Å². The number of halogens is 1. The zero-order valence-corrected chi connectivity index (χ0v) is 13.6. The molecule has 0 spiro atoms. The van der Waals surface area contributed by atoms with Gasteiger partial charge in [-0.05, 0) is 37.3 Å². The highest BCUT2D eigenvalue weighted by Crippen LogP contribution is 2.18. The average Bonchev–Trinajstić information content (AvgIpc) is 2.43. The second kappa shape index (κ2) is 7.22. The van der Waals surface area contributed by atoms with Crippen molar-refractivity contribution in [2.24, 2.45) is 0 Å². The normalized spacial score (nSPS) is 16.0. The Bertz CT molecular complexity index is 575. The SMILES string of the molecule is CS(=O)(=O)CCCNc1nc(Cl)nc(N2CCCCC2)n1. The van der Waals surface area contributed by atoms with Crippen molar-refractivity contribution >= 4 is 33.3 Å². The fourth-order valence-corrected chi connectivity index (χ4v) is 3.01. The third-order valence-corrected chi connectivity index (χ3v) is 4.41. The lowest BCUT2D eigenvalue weighted by atomic mass is 10.1. The minimum atomic E-state index is -2.94. The third kappa shape index (κ3) is 5.62. The van der Waals surface area contributed by atoms with Gasteiger partial charge in [-0.1, -0.05) is 0 Å². The molecule has 1 fully saturated rings. The molecule has 1 aromatic rings. The maximum atomic E-state index is 11.1. The topological polar surface area (TPSA) is 88.1 Å². The van der Waals surface area contributed by atoms with Crippen LogP contribution in [0.5, 0.6) is 0 Å². The summed E-state index contributed by atoms with van der Waals surface area (Å²) >= 11 is 5.93. The molecule has 0 unspecified atom stereocenters. The Balaban J connectivity index is 1.95. The van der Waals surface area contributed by atoms with E-state index in [2.05, 4.69) is 25.2 Å². The molecule has 2 rings (SSSR count). The van der Waals surface area contributed by atoms with E-state index in [0.29, 0.717) is 24.9 Å². The van der Waals surface area contributed by atoms with Crippen molar-refractivity contribution in [2.45, 2.75) is 25.7 Å². The summed E-state index contributed by atoms with van der Waals surface area (Å²) in [6.45, 7) is 2.33. The van der Waals surface area contributed by atoms with Crippen molar-refractivity contribution in [3.63, 3.8) is 0 Å². The summed E-state index contributed by atoms with van der Waals surface area (Å²) in [5.74, 6) is 1.11. The largest absolute Gasteiger partial charge is 0.354 e. The van der Waals surface area contributed by atoms with Gasteiger partial charge in [-0.25, -0.2) is 8.42 Å². The lowest BCUT2D eigenvalue weighted by molar-refractivity contribution is 0.567. The predicted octanol–water partition coefficient (Wildman–Crippen LogP) is 1.36. The standard InChI is InChI=1S/C12H20ClN5O2S/c1-21(19,20)9-5-6-14-11-15-10(13)16-12(17-11)18-7-3-2-4-8-18/h2-9H2,1H3,(H,14,15,16,17). The third-order valence-electron chi connectivity index (χ3n) is 3.21. The first-order chi connectivity index (χ1) is 9.94. The molecule has 21 heavy (non-hydrogen) atoms. The lowest BCUT2D eigenvalue weighted by Gasteiger charge is -2.26. The molecule has 9 heteroatoms. The molecule has 0 amide bonds. The molecule has 1 aliphatic rings. The molecule has 0 atom stereocenters. The molecule has 7 nitrogen and oxygen atoms in total. The molecule has 1 N–H and O–H groups in total. The van der Waals surface area contributed by atoms with Gasteiger partial charge in [0.2, 0.25) is 17.2 Å². The molecule has 118 valence electrons. The van der Waals surface area contributed by atoms with Crippen molar-refractivity contribution in [3.05, 3.63) is 5.28 Å².